The van der Waals surface area contributed by atoms with Gasteiger partial charge in [0, 0.05) is 11.4 Å². The maximum absolute atomic E-state index is 8.97. The molecule has 0 unspecified atom stereocenters. The number of hydrogen-bond acceptors (Lipinski definition) is 3. The van der Waals surface area contributed by atoms with Gasteiger partial charge < -0.3 is 5.32 Å². The van der Waals surface area contributed by atoms with E-state index < -0.39 is 0 Å². The predicted molar refractivity (Wildman–Crippen MR) is 75.4 cm³/mol. The van der Waals surface area contributed by atoms with E-state index in [4.69, 9.17) is 5.26 Å². The Morgan fingerprint density at radius 1 is 1.16 bits per heavy atom. The van der Waals surface area contributed by atoms with Crippen LogP contribution >= 0.6 is 0 Å². The summed E-state index contributed by atoms with van der Waals surface area (Å²) in [5.41, 5.74) is 5.42. The Labute approximate surface area is 112 Å². The zero-order chi connectivity index (χ0) is 13.2. The fourth-order valence-corrected chi connectivity index (χ4v) is 2.59. The van der Waals surface area contributed by atoms with Crippen molar-refractivity contribution in [2.75, 3.05) is 5.32 Å². The maximum atomic E-state index is 8.97. The van der Waals surface area contributed by atoms with E-state index >= 15 is 0 Å². The van der Waals surface area contributed by atoms with Crippen molar-refractivity contribution in [2.45, 2.75) is 26.2 Å². The van der Waals surface area contributed by atoms with Gasteiger partial charge in [-0.15, -0.1) is 0 Å². The van der Waals surface area contributed by atoms with Crippen LogP contribution in [0.4, 0.5) is 11.5 Å². The van der Waals surface area contributed by atoms with Crippen molar-refractivity contribution >= 4 is 11.5 Å². The van der Waals surface area contributed by atoms with Crippen molar-refractivity contribution < 1.29 is 0 Å². The molecule has 1 aliphatic carbocycles. The molecule has 0 radical (unpaired) electrons. The topological polar surface area (TPSA) is 48.7 Å². The Hall–Kier alpha value is -2.34. The summed E-state index contributed by atoms with van der Waals surface area (Å²) in [5.74, 6) is 0.731. The highest BCUT2D eigenvalue weighted by atomic mass is 15.0. The molecule has 1 aromatic heterocycles. The molecule has 0 bridgehead atoms. The molecule has 3 rings (SSSR count). The molecule has 0 fully saturated rings. The lowest BCUT2D eigenvalue weighted by molar-refractivity contribution is 0.912. The number of nitrogens with zero attached hydrogens (tertiary/aromatic N) is 2. The number of pyridine rings is 1. The van der Waals surface area contributed by atoms with Gasteiger partial charge >= 0.3 is 0 Å². The summed E-state index contributed by atoms with van der Waals surface area (Å²) in [4.78, 5) is 4.41. The highest BCUT2D eigenvalue weighted by molar-refractivity contribution is 5.60. The van der Waals surface area contributed by atoms with E-state index in [0.717, 1.165) is 23.6 Å². The average Bonchev–Trinajstić information content (AvgIpc) is 2.85. The second kappa shape index (κ2) is 4.74. The Kier molecular flexibility index (Phi) is 2.92. The van der Waals surface area contributed by atoms with Crippen molar-refractivity contribution in [2.24, 2.45) is 0 Å². The molecule has 0 aliphatic heterocycles. The van der Waals surface area contributed by atoms with Crippen LogP contribution < -0.4 is 5.32 Å². The third-order valence-electron chi connectivity index (χ3n) is 3.45. The van der Waals surface area contributed by atoms with Crippen LogP contribution in [-0.4, -0.2) is 4.98 Å². The van der Waals surface area contributed by atoms with Crippen molar-refractivity contribution in [1.29, 1.82) is 5.26 Å². The van der Waals surface area contributed by atoms with Gasteiger partial charge in [-0.25, -0.2) is 4.98 Å². The molecule has 2 aromatic rings. The minimum absolute atomic E-state index is 0.635. The molecular weight excluding hydrogens is 234 g/mol. The molecule has 3 nitrogen and oxygen atoms in total. The van der Waals surface area contributed by atoms with Gasteiger partial charge in [0.1, 0.15) is 5.82 Å². The zero-order valence-corrected chi connectivity index (χ0v) is 10.9. The third kappa shape index (κ3) is 2.43. The molecule has 19 heavy (non-hydrogen) atoms. The molecule has 0 amide bonds. The van der Waals surface area contributed by atoms with Gasteiger partial charge in [0.2, 0.25) is 0 Å². The first kappa shape index (κ1) is 11.7. The van der Waals surface area contributed by atoms with Gasteiger partial charge in [0.05, 0.1) is 11.6 Å². The molecule has 3 heteroatoms. The van der Waals surface area contributed by atoms with Gasteiger partial charge in [0.25, 0.3) is 0 Å². The van der Waals surface area contributed by atoms with Crippen LogP contribution in [0.15, 0.2) is 30.3 Å². The molecule has 1 N–H and O–H groups in total. The predicted octanol–water partition coefficient (Wildman–Crippen LogP) is 3.49. The fourth-order valence-electron chi connectivity index (χ4n) is 2.59. The Bertz CT molecular complexity index is 668. The standard InChI is InChI=1S/C16H15N3/c1-11-7-12(10-17)8-16(18-11)19-15-6-5-13-3-2-4-14(13)9-15/h5-9H,2-4H2,1H3,(H,18,19). The van der Waals surface area contributed by atoms with Crippen LogP contribution in [0, 0.1) is 18.3 Å². The lowest BCUT2D eigenvalue weighted by Crippen LogP contribution is -1.97. The van der Waals surface area contributed by atoms with Gasteiger partial charge in [-0.3, -0.25) is 0 Å². The minimum atomic E-state index is 0.635. The SMILES string of the molecule is Cc1cc(C#N)cc(Nc2ccc3c(c2)CCC3)n1. The number of hydrogen-bond donors (Lipinski definition) is 1. The summed E-state index contributed by atoms with van der Waals surface area (Å²) in [7, 11) is 0. The number of nitriles is 1. The summed E-state index contributed by atoms with van der Waals surface area (Å²) < 4.78 is 0. The first-order valence-corrected chi connectivity index (χ1v) is 6.52. The average molecular weight is 249 g/mol. The Balaban J connectivity index is 1.89. The van der Waals surface area contributed by atoms with Crippen molar-refractivity contribution in [1.82, 2.24) is 4.98 Å². The molecule has 1 aliphatic rings. The molecule has 0 saturated carbocycles. The van der Waals surface area contributed by atoms with Gasteiger partial charge in [-0.2, -0.15) is 5.26 Å². The quantitative estimate of drug-likeness (QED) is 0.886. The summed E-state index contributed by atoms with van der Waals surface area (Å²) in [5, 5.41) is 12.3. The molecule has 0 saturated heterocycles. The molecular formula is C16H15N3. The molecule has 1 aromatic carbocycles. The minimum Gasteiger partial charge on any atom is -0.340 e. The molecule has 1 heterocycles. The number of fused-ring (bicyclic) bond motifs is 1. The van der Waals surface area contributed by atoms with E-state index in [1.165, 1.54) is 24.0 Å². The second-order valence-corrected chi connectivity index (χ2v) is 4.96. The number of rotatable bonds is 2. The molecule has 0 atom stereocenters. The third-order valence-corrected chi connectivity index (χ3v) is 3.45. The number of aromatic nitrogens is 1. The fraction of sp³-hybridized carbons (Fsp3) is 0.250. The van der Waals surface area contributed by atoms with E-state index in [-0.39, 0.29) is 0 Å². The van der Waals surface area contributed by atoms with Gasteiger partial charge in [-0.05, 0) is 61.6 Å². The summed E-state index contributed by atoms with van der Waals surface area (Å²) in [6.07, 6.45) is 3.60. The van der Waals surface area contributed by atoms with Gasteiger partial charge in [0.15, 0.2) is 0 Å². The van der Waals surface area contributed by atoms with Crippen molar-refractivity contribution in [3.8, 4) is 6.07 Å². The smallest absolute Gasteiger partial charge is 0.131 e. The van der Waals surface area contributed by atoms with Crippen molar-refractivity contribution in [3.63, 3.8) is 0 Å². The largest absolute Gasteiger partial charge is 0.340 e. The number of nitrogens with one attached hydrogen (secondary N) is 1. The van der Waals surface area contributed by atoms with Crippen molar-refractivity contribution in [3.05, 3.63) is 52.7 Å². The second-order valence-electron chi connectivity index (χ2n) is 4.96. The summed E-state index contributed by atoms with van der Waals surface area (Å²) in [6.45, 7) is 1.90. The van der Waals surface area contributed by atoms with Crippen LogP contribution in [0.3, 0.4) is 0 Å². The summed E-state index contributed by atoms with van der Waals surface area (Å²) >= 11 is 0. The lowest BCUT2D eigenvalue weighted by atomic mass is 10.1. The van der Waals surface area contributed by atoms with E-state index in [9.17, 15) is 0 Å². The Morgan fingerprint density at radius 3 is 2.84 bits per heavy atom. The number of aryl methyl sites for hydroxylation is 3. The van der Waals surface area contributed by atoms with Crippen LogP contribution in [0.1, 0.15) is 28.8 Å². The Morgan fingerprint density at radius 2 is 2.00 bits per heavy atom. The van der Waals surface area contributed by atoms with Crippen LogP contribution in [0.2, 0.25) is 0 Å². The summed E-state index contributed by atoms with van der Waals surface area (Å²) in [6, 6.07) is 12.2. The van der Waals surface area contributed by atoms with E-state index in [0.29, 0.717) is 5.56 Å². The van der Waals surface area contributed by atoms with Crippen LogP contribution in [-0.2, 0) is 12.8 Å². The van der Waals surface area contributed by atoms with E-state index in [1.807, 2.05) is 6.92 Å². The highest BCUT2D eigenvalue weighted by Gasteiger charge is 2.11. The first-order chi connectivity index (χ1) is 9.24. The lowest BCUT2D eigenvalue weighted by Gasteiger charge is -2.09. The van der Waals surface area contributed by atoms with Gasteiger partial charge in [-0.1, -0.05) is 6.07 Å². The number of benzene rings is 1. The normalized spacial score (nSPS) is 12.8. The monoisotopic (exact) mass is 249 g/mol. The van der Waals surface area contributed by atoms with E-state index in [2.05, 4.69) is 34.6 Å². The first-order valence-electron chi connectivity index (χ1n) is 6.52. The van der Waals surface area contributed by atoms with E-state index in [1.54, 1.807) is 12.1 Å². The zero-order valence-electron chi connectivity index (χ0n) is 10.9. The molecule has 0 spiro atoms. The number of anilines is 2. The maximum Gasteiger partial charge on any atom is 0.131 e. The van der Waals surface area contributed by atoms with Crippen LogP contribution in [0.25, 0.3) is 0 Å². The highest BCUT2D eigenvalue weighted by Crippen LogP contribution is 2.26. The molecule has 94 valence electrons. The van der Waals surface area contributed by atoms with Crippen LogP contribution in [0.5, 0.6) is 0 Å².